The van der Waals surface area contributed by atoms with Crippen LogP contribution in [-0.4, -0.2) is 9.97 Å². The van der Waals surface area contributed by atoms with Crippen molar-refractivity contribution in [2.75, 3.05) is 0 Å². The molecule has 0 aliphatic heterocycles. The summed E-state index contributed by atoms with van der Waals surface area (Å²) in [6, 6.07) is 31.2. The SMILES string of the molecule is c1ccc(CSc2nc(-c3ccccc3)c(-c3ccccc3)[nH]2)cc1. The summed E-state index contributed by atoms with van der Waals surface area (Å²) in [6.45, 7) is 0. The second-order valence-corrected chi connectivity index (χ2v) is 6.74. The van der Waals surface area contributed by atoms with E-state index in [1.165, 1.54) is 5.56 Å². The van der Waals surface area contributed by atoms with Gasteiger partial charge in [0.2, 0.25) is 0 Å². The van der Waals surface area contributed by atoms with Crippen LogP contribution >= 0.6 is 11.8 Å². The number of nitrogens with zero attached hydrogens (tertiary/aromatic N) is 1. The van der Waals surface area contributed by atoms with E-state index in [0.29, 0.717) is 0 Å². The van der Waals surface area contributed by atoms with Crippen molar-refractivity contribution in [3.05, 3.63) is 96.6 Å². The first kappa shape index (κ1) is 15.7. The summed E-state index contributed by atoms with van der Waals surface area (Å²) in [6.07, 6.45) is 0. The summed E-state index contributed by atoms with van der Waals surface area (Å²) >= 11 is 1.73. The molecule has 1 heterocycles. The number of rotatable bonds is 5. The van der Waals surface area contributed by atoms with Gasteiger partial charge in [-0.2, -0.15) is 0 Å². The molecule has 1 N–H and O–H groups in total. The van der Waals surface area contributed by atoms with Crippen molar-refractivity contribution in [3.8, 4) is 22.5 Å². The van der Waals surface area contributed by atoms with Crippen molar-refractivity contribution in [1.82, 2.24) is 9.97 Å². The molecule has 1 aromatic heterocycles. The number of aromatic amines is 1. The fraction of sp³-hybridized carbons (Fsp3) is 0.0455. The highest BCUT2D eigenvalue weighted by Gasteiger charge is 2.14. The molecule has 0 aliphatic carbocycles. The van der Waals surface area contributed by atoms with Crippen LogP contribution in [0.1, 0.15) is 5.56 Å². The Morgan fingerprint density at radius 2 is 1.24 bits per heavy atom. The highest BCUT2D eigenvalue weighted by molar-refractivity contribution is 7.98. The molecule has 4 aromatic rings. The third kappa shape index (κ3) is 3.67. The fourth-order valence-corrected chi connectivity index (χ4v) is 3.59. The molecule has 2 nitrogen and oxygen atoms in total. The van der Waals surface area contributed by atoms with Crippen LogP contribution in [0.4, 0.5) is 0 Å². The van der Waals surface area contributed by atoms with Gasteiger partial charge in [0, 0.05) is 16.9 Å². The van der Waals surface area contributed by atoms with Crippen LogP contribution < -0.4 is 0 Å². The van der Waals surface area contributed by atoms with Crippen molar-refractivity contribution in [3.63, 3.8) is 0 Å². The van der Waals surface area contributed by atoms with Gasteiger partial charge in [-0.15, -0.1) is 0 Å². The Morgan fingerprint density at radius 1 is 0.680 bits per heavy atom. The molecule has 0 fully saturated rings. The zero-order chi connectivity index (χ0) is 16.9. The third-order valence-corrected chi connectivity index (χ3v) is 4.95. The summed E-state index contributed by atoms with van der Waals surface area (Å²) in [4.78, 5) is 8.40. The average molecular weight is 342 g/mol. The summed E-state index contributed by atoms with van der Waals surface area (Å²) < 4.78 is 0. The first-order valence-corrected chi connectivity index (χ1v) is 9.26. The number of H-pyrrole nitrogens is 1. The smallest absolute Gasteiger partial charge is 0.166 e. The first-order valence-electron chi connectivity index (χ1n) is 8.28. The molecular weight excluding hydrogens is 324 g/mol. The van der Waals surface area contributed by atoms with Gasteiger partial charge in [0.25, 0.3) is 0 Å². The standard InChI is InChI=1S/C22H18N2S/c1-4-10-17(11-5-1)16-25-22-23-20(18-12-6-2-7-13-18)21(24-22)19-14-8-3-9-15-19/h1-15H,16H2,(H,23,24). The van der Waals surface area contributed by atoms with Gasteiger partial charge in [-0.25, -0.2) is 4.98 Å². The predicted molar refractivity (Wildman–Crippen MR) is 105 cm³/mol. The Balaban J connectivity index is 1.68. The Morgan fingerprint density at radius 3 is 1.88 bits per heavy atom. The molecule has 0 atom stereocenters. The zero-order valence-electron chi connectivity index (χ0n) is 13.7. The highest BCUT2D eigenvalue weighted by Crippen LogP contribution is 2.33. The maximum Gasteiger partial charge on any atom is 0.166 e. The van der Waals surface area contributed by atoms with Gasteiger partial charge in [0.1, 0.15) is 0 Å². The van der Waals surface area contributed by atoms with Gasteiger partial charge < -0.3 is 4.98 Å². The minimum Gasteiger partial charge on any atom is -0.332 e. The van der Waals surface area contributed by atoms with E-state index in [1.54, 1.807) is 11.8 Å². The second-order valence-electron chi connectivity index (χ2n) is 5.77. The van der Waals surface area contributed by atoms with Gasteiger partial charge in [-0.1, -0.05) is 103 Å². The quantitative estimate of drug-likeness (QED) is 0.448. The first-order chi connectivity index (χ1) is 12.4. The predicted octanol–water partition coefficient (Wildman–Crippen LogP) is 6.04. The van der Waals surface area contributed by atoms with E-state index in [0.717, 1.165) is 33.4 Å². The summed E-state index contributed by atoms with van der Waals surface area (Å²) in [5.41, 5.74) is 5.65. The van der Waals surface area contributed by atoms with Crippen molar-refractivity contribution in [2.45, 2.75) is 10.9 Å². The zero-order valence-corrected chi connectivity index (χ0v) is 14.5. The maximum atomic E-state index is 4.88. The minimum absolute atomic E-state index is 0.900. The molecule has 3 aromatic carbocycles. The van der Waals surface area contributed by atoms with E-state index >= 15 is 0 Å². The lowest BCUT2D eigenvalue weighted by Gasteiger charge is -2.02. The van der Waals surface area contributed by atoms with Crippen LogP contribution in [0.3, 0.4) is 0 Å². The number of thioether (sulfide) groups is 1. The molecule has 0 unspecified atom stereocenters. The van der Waals surface area contributed by atoms with E-state index in [4.69, 9.17) is 4.98 Å². The lowest BCUT2D eigenvalue weighted by Crippen LogP contribution is -1.82. The molecule has 0 saturated carbocycles. The van der Waals surface area contributed by atoms with Crippen LogP contribution in [-0.2, 0) is 5.75 Å². The number of aromatic nitrogens is 2. The maximum absolute atomic E-state index is 4.88. The molecule has 0 bridgehead atoms. The molecule has 0 aliphatic rings. The molecule has 0 amide bonds. The number of hydrogen-bond donors (Lipinski definition) is 1. The van der Waals surface area contributed by atoms with Gasteiger partial charge in [0.15, 0.2) is 5.16 Å². The minimum atomic E-state index is 0.900. The molecule has 0 radical (unpaired) electrons. The van der Waals surface area contributed by atoms with Crippen molar-refractivity contribution < 1.29 is 0 Å². The molecule has 4 rings (SSSR count). The van der Waals surface area contributed by atoms with Gasteiger partial charge >= 0.3 is 0 Å². The monoisotopic (exact) mass is 342 g/mol. The normalized spacial score (nSPS) is 10.7. The van der Waals surface area contributed by atoms with E-state index in [-0.39, 0.29) is 0 Å². The van der Waals surface area contributed by atoms with Crippen molar-refractivity contribution in [1.29, 1.82) is 0 Å². The van der Waals surface area contributed by atoms with Gasteiger partial charge in [-0.3, -0.25) is 0 Å². The summed E-state index contributed by atoms with van der Waals surface area (Å²) in [5, 5.41) is 0.946. The Hall–Kier alpha value is -2.78. The van der Waals surface area contributed by atoms with E-state index in [9.17, 15) is 0 Å². The van der Waals surface area contributed by atoms with E-state index < -0.39 is 0 Å². The largest absolute Gasteiger partial charge is 0.332 e. The topological polar surface area (TPSA) is 28.7 Å². The van der Waals surface area contributed by atoms with Crippen molar-refractivity contribution in [2.24, 2.45) is 0 Å². The van der Waals surface area contributed by atoms with E-state index in [2.05, 4.69) is 77.8 Å². The lowest BCUT2D eigenvalue weighted by atomic mass is 10.1. The molecule has 25 heavy (non-hydrogen) atoms. The molecule has 122 valence electrons. The average Bonchev–Trinajstić information content (AvgIpc) is 3.13. The third-order valence-electron chi connectivity index (χ3n) is 4.01. The Labute approximate surface area is 152 Å². The van der Waals surface area contributed by atoms with Gasteiger partial charge in [0.05, 0.1) is 11.4 Å². The molecule has 0 spiro atoms. The van der Waals surface area contributed by atoms with Crippen LogP contribution in [0.2, 0.25) is 0 Å². The van der Waals surface area contributed by atoms with Crippen LogP contribution in [0, 0.1) is 0 Å². The summed E-state index contributed by atoms with van der Waals surface area (Å²) in [7, 11) is 0. The Kier molecular flexibility index (Phi) is 4.66. The number of nitrogens with one attached hydrogen (secondary N) is 1. The van der Waals surface area contributed by atoms with Crippen LogP contribution in [0.25, 0.3) is 22.5 Å². The van der Waals surface area contributed by atoms with Gasteiger partial charge in [-0.05, 0) is 5.56 Å². The van der Waals surface area contributed by atoms with E-state index in [1.807, 2.05) is 18.2 Å². The molecular formula is C22H18N2S. The fourth-order valence-electron chi connectivity index (χ4n) is 2.76. The van der Waals surface area contributed by atoms with Crippen LogP contribution in [0.15, 0.2) is 96.2 Å². The second kappa shape index (κ2) is 7.41. The number of benzene rings is 3. The molecule has 0 saturated heterocycles. The number of hydrogen-bond acceptors (Lipinski definition) is 2. The lowest BCUT2D eigenvalue weighted by molar-refractivity contribution is 1.06. The Bertz CT molecular complexity index is 875. The van der Waals surface area contributed by atoms with Crippen molar-refractivity contribution >= 4 is 11.8 Å². The van der Waals surface area contributed by atoms with Crippen LogP contribution in [0.5, 0.6) is 0 Å². The number of imidazole rings is 1. The highest BCUT2D eigenvalue weighted by atomic mass is 32.2. The molecule has 3 heteroatoms. The summed E-state index contributed by atoms with van der Waals surface area (Å²) in [5.74, 6) is 0.900.